The van der Waals surface area contributed by atoms with Gasteiger partial charge in [0.2, 0.25) is 0 Å². The summed E-state index contributed by atoms with van der Waals surface area (Å²) in [5.41, 5.74) is 6.36. The molecule has 25 heavy (non-hydrogen) atoms. The molecule has 1 aliphatic carbocycles. The number of allylic oxidation sites excluding steroid dienone is 4. The van der Waals surface area contributed by atoms with Crippen LogP contribution < -0.4 is 28.1 Å². The van der Waals surface area contributed by atoms with Gasteiger partial charge in [0, 0.05) is 0 Å². The molecular formula is C19H28Cl2NOSiZr. The molecule has 2 nitrogen and oxygen atoms in total. The maximum atomic E-state index is 12.8. The second-order valence-electron chi connectivity index (χ2n) is 6.96. The van der Waals surface area contributed by atoms with Gasteiger partial charge in [0.25, 0.3) is 0 Å². The van der Waals surface area contributed by atoms with Crippen LogP contribution in [0.15, 0.2) is 44.3 Å². The molecule has 0 heterocycles. The van der Waals surface area contributed by atoms with Crippen molar-refractivity contribution in [3.63, 3.8) is 0 Å². The maximum absolute atomic E-state index is 12.8. The fourth-order valence-corrected chi connectivity index (χ4v) is 18.9. The Morgan fingerprint density at radius 1 is 1.08 bits per heavy atom. The van der Waals surface area contributed by atoms with Crippen molar-refractivity contribution in [2.24, 2.45) is 5.92 Å². The Labute approximate surface area is 174 Å². The van der Waals surface area contributed by atoms with Crippen LogP contribution in [0.5, 0.6) is 0 Å². The first-order valence-electron chi connectivity index (χ1n) is 8.37. The average Bonchev–Trinajstić information content (AvgIpc) is 2.69. The molecule has 0 aromatic heterocycles. The molecule has 0 saturated carbocycles. The monoisotopic (exact) mass is 474 g/mol. The summed E-state index contributed by atoms with van der Waals surface area (Å²) in [7, 11) is 0. The molecule has 1 amide bonds. The van der Waals surface area contributed by atoms with Crippen molar-refractivity contribution in [3.8, 4) is 0 Å². The summed E-state index contributed by atoms with van der Waals surface area (Å²) in [6, 6.07) is 7.93. The quantitative estimate of drug-likeness (QED) is 0.528. The second kappa shape index (κ2) is 10.3. The minimum Gasteiger partial charge on any atom is -1.00 e. The Bertz CT molecular complexity index is 700. The minimum atomic E-state index is -2.10. The first kappa shape index (κ1) is 24.8. The molecule has 1 aromatic carbocycles. The second-order valence-corrected chi connectivity index (χ2v) is 25.2. The Hall–Kier alpha value is -0.150. The van der Waals surface area contributed by atoms with Crippen molar-refractivity contribution in [1.82, 2.24) is 3.26 Å². The third kappa shape index (κ3) is 5.42. The van der Waals surface area contributed by atoms with Gasteiger partial charge in [-0.15, -0.1) is 0 Å². The SMILES string of the molecule is CC1=C(C)C(C)[C]([Zr+2]([NH]C(=O)c2cccc(C)c2)[SiH](C)C)=C1C.[Cl-].[Cl-]. The summed E-state index contributed by atoms with van der Waals surface area (Å²) in [4.78, 5) is 12.8. The van der Waals surface area contributed by atoms with Crippen molar-refractivity contribution >= 4 is 11.8 Å². The van der Waals surface area contributed by atoms with Crippen molar-refractivity contribution in [1.29, 1.82) is 0 Å². The van der Waals surface area contributed by atoms with Crippen LogP contribution in [0, 0.1) is 12.8 Å². The predicted molar refractivity (Wildman–Crippen MR) is 97.8 cm³/mol. The van der Waals surface area contributed by atoms with Gasteiger partial charge in [0.15, 0.2) is 0 Å². The van der Waals surface area contributed by atoms with Crippen LogP contribution in [-0.4, -0.2) is 11.8 Å². The zero-order valence-corrected chi connectivity index (χ0v) is 21.3. The molecule has 2 rings (SSSR count). The molecule has 137 valence electrons. The summed E-state index contributed by atoms with van der Waals surface area (Å²) in [5.74, 6) is -0.219. The third-order valence-corrected chi connectivity index (χ3v) is 22.0. The van der Waals surface area contributed by atoms with E-state index in [0.29, 0.717) is 5.92 Å². The zero-order valence-electron chi connectivity index (χ0n) is 16.1. The Morgan fingerprint density at radius 3 is 2.12 bits per heavy atom. The fourth-order valence-electron chi connectivity index (χ4n) is 3.30. The number of hydrogen-bond donors (Lipinski definition) is 1. The minimum absolute atomic E-state index is 0. The van der Waals surface area contributed by atoms with Gasteiger partial charge in [-0.3, -0.25) is 0 Å². The summed E-state index contributed by atoms with van der Waals surface area (Å²) < 4.78 is 5.17. The van der Waals surface area contributed by atoms with E-state index in [1.165, 1.54) is 16.7 Å². The summed E-state index contributed by atoms with van der Waals surface area (Å²) in [6.07, 6.45) is 0. The van der Waals surface area contributed by atoms with Crippen LogP contribution in [0.2, 0.25) is 13.1 Å². The molecule has 1 N–H and O–H groups in total. The Kier molecular flexibility index (Phi) is 10.2. The van der Waals surface area contributed by atoms with Gasteiger partial charge in [0.1, 0.15) is 0 Å². The molecule has 0 radical (unpaired) electrons. The molecule has 1 aromatic rings. The van der Waals surface area contributed by atoms with E-state index in [1.807, 2.05) is 31.2 Å². The number of aryl methyl sites for hydroxylation is 1. The first-order chi connectivity index (χ1) is 10.7. The normalized spacial score (nSPS) is 16.6. The summed E-state index contributed by atoms with van der Waals surface area (Å²) >= 11 is -2.10. The zero-order chi connectivity index (χ0) is 17.3. The molecule has 1 unspecified atom stereocenters. The van der Waals surface area contributed by atoms with Gasteiger partial charge in [0.05, 0.1) is 0 Å². The van der Waals surface area contributed by atoms with Crippen LogP contribution in [0.4, 0.5) is 0 Å². The Balaban J connectivity index is 0.00000288. The van der Waals surface area contributed by atoms with Crippen molar-refractivity contribution in [2.45, 2.75) is 47.7 Å². The van der Waals surface area contributed by atoms with Crippen LogP contribution in [0.25, 0.3) is 0 Å². The fraction of sp³-hybridized carbons (Fsp3) is 0.421. The van der Waals surface area contributed by atoms with Gasteiger partial charge in [-0.1, -0.05) is 0 Å². The standard InChI is InChI=1S/C9H13.C8H9NO.C2H7Si.2ClH.Zr/c1-6-5-7(2)9(4)8(6)3;1-6-3-2-4-7(5-6)8(9)10;1-3-2;;;/h6H,1-4H3;2-5H,1H3,(H2,9,10);3H,1-2H3;2*1H;/q;;;;;+3/p-3. The van der Waals surface area contributed by atoms with E-state index >= 15 is 0 Å². The van der Waals surface area contributed by atoms with Gasteiger partial charge in [-0.05, 0) is 0 Å². The molecule has 1 aliphatic rings. The topological polar surface area (TPSA) is 29.1 Å². The van der Waals surface area contributed by atoms with Crippen LogP contribution in [0.3, 0.4) is 0 Å². The summed E-state index contributed by atoms with van der Waals surface area (Å²) in [6.45, 7) is 15.9. The number of rotatable bonds is 4. The molecule has 0 bridgehead atoms. The van der Waals surface area contributed by atoms with Crippen molar-refractivity contribution in [3.05, 3.63) is 55.4 Å². The van der Waals surface area contributed by atoms with Gasteiger partial charge in [-0.2, -0.15) is 0 Å². The number of benzene rings is 1. The first-order valence-corrected chi connectivity index (χ1v) is 18.0. The molecule has 6 heteroatoms. The van der Waals surface area contributed by atoms with E-state index < -0.39 is 27.1 Å². The maximum Gasteiger partial charge on any atom is -1.00 e. The average molecular weight is 477 g/mol. The molecule has 1 atom stereocenters. The number of carbonyl (C=O) groups is 1. The smallest absolute Gasteiger partial charge is 1.00 e. The van der Waals surface area contributed by atoms with E-state index in [4.69, 9.17) is 0 Å². The van der Waals surface area contributed by atoms with Gasteiger partial charge >= 0.3 is 150 Å². The van der Waals surface area contributed by atoms with E-state index in [-0.39, 0.29) is 30.7 Å². The van der Waals surface area contributed by atoms with Crippen LogP contribution in [-0.2, 0) is 21.2 Å². The van der Waals surface area contributed by atoms with Crippen molar-refractivity contribution in [2.75, 3.05) is 0 Å². The molecule has 0 saturated heterocycles. The van der Waals surface area contributed by atoms with E-state index in [1.54, 1.807) is 3.28 Å². The van der Waals surface area contributed by atoms with E-state index in [2.05, 4.69) is 44.0 Å². The molecule has 0 aliphatic heterocycles. The number of nitrogens with one attached hydrogen (secondary N) is 1. The predicted octanol–water partition coefficient (Wildman–Crippen LogP) is -1.49. The number of amides is 1. The largest absolute Gasteiger partial charge is 1.00 e. The number of halogens is 2. The van der Waals surface area contributed by atoms with Gasteiger partial charge in [-0.25, -0.2) is 0 Å². The summed E-state index contributed by atoms with van der Waals surface area (Å²) in [5, 5.41) is 0. The third-order valence-electron chi connectivity index (χ3n) is 5.04. The number of carbonyl (C=O) groups excluding carboxylic acids is 1. The van der Waals surface area contributed by atoms with E-state index in [0.717, 1.165) is 11.1 Å². The van der Waals surface area contributed by atoms with Crippen LogP contribution >= 0.6 is 0 Å². The molecule has 0 spiro atoms. The van der Waals surface area contributed by atoms with E-state index in [9.17, 15) is 4.79 Å². The number of hydrogen-bond acceptors (Lipinski definition) is 1. The van der Waals surface area contributed by atoms with Crippen LogP contribution in [0.1, 0.15) is 43.6 Å². The Morgan fingerprint density at radius 2 is 1.68 bits per heavy atom. The molecule has 0 fully saturated rings. The van der Waals surface area contributed by atoms with Gasteiger partial charge < -0.3 is 24.8 Å². The van der Waals surface area contributed by atoms with Crippen molar-refractivity contribution < 1.29 is 50.8 Å². The molecular weight excluding hydrogens is 448 g/mol.